The molecule has 0 saturated carbocycles. The Bertz CT molecular complexity index is 835. The third kappa shape index (κ3) is 4.39. The van der Waals surface area contributed by atoms with Gasteiger partial charge in [0, 0.05) is 17.7 Å². The van der Waals surface area contributed by atoms with Crippen LogP contribution in [0.1, 0.15) is 12.5 Å². The number of carbonyl (C=O) groups is 1. The average Bonchev–Trinajstić information content (AvgIpc) is 2.55. The van der Waals surface area contributed by atoms with Crippen molar-refractivity contribution in [3.05, 3.63) is 53.8 Å². The molecule has 27 heavy (non-hydrogen) atoms. The highest BCUT2D eigenvalue weighted by molar-refractivity contribution is 5.92. The first-order chi connectivity index (χ1) is 12.8. The van der Waals surface area contributed by atoms with E-state index in [-0.39, 0.29) is 29.2 Å². The summed E-state index contributed by atoms with van der Waals surface area (Å²) in [5.74, 6) is -1.97. The van der Waals surface area contributed by atoms with Crippen molar-refractivity contribution < 1.29 is 27.1 Å². The van der Waals surface area contributed by atoms with E-state index in [2.05, 4.69) is 10.6 Å². The molecule has 2 aromatic rings. The van der Waals surface area contributed by atoms with Crippen LogP contribution in [0.5, 0.6) is 11.5 Å². The maximum absolute atomic E-state index is 14.3. The summed E-state index contributed by atoms with van der Waals surface area (Å²) < 4.78 is 58.4. The van der Waals surface area contributed by atoms with Gasteiger partial charge in [-0.15, -0.1) is 0 Å². The Morgan fingerprint density at radius 1 is 1.19 bits per heavy atom. The van der Waals surface area contributed by atoms with Gasteiger partial charge >= 0.3 is 6.18 Å². The zero-order valence-corrected chi connectivity index (χ0v) is 14.4. The van der Waals surface area contributed by atoms with Crippen LogP contribution in [0.15, 0.2) is 42.5 Å². The SMILES string of the molecule is CC(C(=O)Nc1ccc(Oc2ccccc2C(F)(F)F)c(F)c1)C1CNC1. The number of halogens is 4. The van der Waals surface area contributed by atoms with Crippen LogP contribution in [0.25, 0.3) is 0 Å². The maximum Gasteiger partial charge on any atom is 0.419 e. The van der Waals surface area contributed by atoms with Crippen LogP contribution < -0.4 is 15.4 Å². The Kier molecular flexibility index (Phi) is 5.36. The number of carbonyl (C=O) groups excluding carboxylic acids is 1. The predicted octanol–water partition coefficient (Wildman–Crippen LogP) is 4.43. The van der Waals surface area contributed by atoms with E-state index in [0.29, 0.717) is 0 Å². The minimum atomic E-state index is -4.62. The van der Waals surface area contributed by atoms with Crippen LogP contribution in [0, 0.1) is 17.7 Å². The van der Waals surface area contributed by atoms with Gasteiger partial charge in [0.15, 0.2) is 11.6 Å². The molecule has 2 N–H and O–H groups in total. The molecule has 3 rings (SSSR count). The lowest BCUT2D eigenvalue weighted by molar-refractivity contribution is -0.138. The fourth-order valence-corrected chi connectivity index (χ4v) is 2.70. The van der Waals surface area contributed by atoms with E-state index in [9.17, 15) is 22.4 Å². The standard InChI is InChI=1S/C19H18F4N2O2/c1-11(12-9-24-10-12)18(26)25-13-6-7-17(15(20)8-13)27-16-5-3-2-4-14(16)19(21,22)23/h2-8,11-12,24H,9-10H2,1H3,(H,25,26). The van der Waals surface area contributed by atoms with Crippen molar-refractivity contribution >= 4 is 11.6 Å². The molecule has 0 spiro atoms. The summed E-state index contributed by atoms with van der Waals surface area (Å²) in [5.41, 5.74) is -0.780. The van der Waals surface area contributed by atoms with Gasteiger partial charge in [-0.05, 0) is 43.3 Å². The van der Waals surface area contributed by atoms with E-state index in [4.69, 9.17) is 4.74 Å². The first kappa shape index (κ1) is 19.2. The molecule has 0 aliphatic carbocycles. The first-order valence-electron chi connectivity index (χ1n) is 8.41. The molecule has 1 aliphatic rings. The Morgan fingerprint density at radius 2 is 1.89 bits per heavy atom. The van der Waals surface area contributed by atoms with Gasteiger partial charge in [0.05, 0.1) is 5.56 Å². The lowest BCUT2D eigenvalue weighted by atomic mass is 9.88. The van der Waals surface area contributed by atoms with Crippen LogP contribution in [0.2, 0.25) is 0 Å². The molecule has 1 amide bonds. The second kappa shape index (κ2) is 7.56. The topological polar surface area (TPSA) is 50.4 Å². The predicted molar refractivity (Wildman–Crippen MR) is 92.1 cm³/mol. The summed E-state index contributed by atoms with van der Waals surface area (Å²) in [6.45, 7) is 3.31. The van der Waals surface area contributed by atoms with Crippen LogP contribution in [-0.2, 0) is 11.0 Å². The molecule has 2 aromatic carbocycles. The number of nitrogens with one attached hydrogen (secondary N) is 2. The number of benzene rings is 2. The lowest BCUT2D eigenvalue weighted by Crippen LogP contribution is -2.48. The number of amides is 1. The highest BCUT2D eigenvalue weighted by Gasteiger charge is 2.34. The van der Waals surface area contributed by atoms with Gasteiger partial charge in [0.1, 0.15) is 5.75 Å². The Hall–Kier alpha value is -2.61. The number of rotatable bonds is 5. The molecule has 1 atom stereocenters. The maximum atomic E-state index is 14.3. The molecule has 1 saturated heterocycles. The van der Waals surface area contributed by atoms with Gasteiger partial charge in [-0.1, -0.05) is 19.1 Å². The Labute approximate surface area is 153 Å². The van der Waals surface area contributed by atoms with Crippen molar-refractivity contribution in [2.75, 3.05) is 18.4 Å². The molecule has 144 valence electrons. The second-order valence-corrected chi connectivity index (χ2v) is 6.44. The zero-order valence-electron chi connectivity index (χ0n) is 14.4. The third-order valence-corrected chi connectivity index (χ3v) is 4.55. The monoisotopic (exact) mass is 382 g/mol. The van der Waals surface area contributed by atoms with Crippen molar-refractivity contribution in [3.8, 4) is 11.5 Å². The van der Waals surface area contributed by atoms with Crippen molar-refractivity contribution in [2.24, 2.45) is 11.8 Å². The van der Waals surface area contributed by atoms with Crippen LogP contribution >= 0.6 is 0 Å². The zero-order chi connectivity index (χ0) is 19.6. The largest absolute Gasteiger partial charge is 0.454 e. The van der Waals surface area contributed by atoms with Crippen LogP contribution in [0.4, 0.5) is 23.2 Å². The molecule has 1 unspecified atom stereocenters. The molecule has 4 nitrogen and oxygen atoms in total. The second-order valence-electron chi connectivity index (χ2n) is 6.44. The van der Waals surface area contributed by atoms with Crippen molar-refractivity contribution in [1.82, 2.24) is 5.32 Å². The minimum Gasteiger partial charge on any atom is -0.454 e. The van der Waals surface area contributed by atoms with Crippen LogP contribution in [0.3, 0.4) is 0 Å². The smallest absolute Gasteiger partial charge is 0.419 e. The highest BCUT2D eigenvalue weighted by atomic mass is 19.4. The normalized spacial score (nSPS) is 15.7. The molecular formula is C19H18F4N2O2. The number of ether oxygens (including phenoxy) is 1. The van der Waals surface area contributed by atoms with E-state index in [1.54, 1.807) is 6.92 Å². The average molecular weight is 382 g/mol. The molecule has 1 fully saturated rings. The number of hydrogen-bond acceptors (Lipinski definition) is 3. The van der Waals surface area contributed by atoms with Crippen molar-refractivity contribution in [1.29, 1.82) is 0 Å². The summed E-state index contributed by atoms with van der Waals surface area (Å²) in [6.07, 6.45) is -4.62. The van der Waals surface area contributed by atoms with E-state index < -0.39 is 23.3 Å². The number of alkyl halides is 3. The first-order valence-corrected chi connectivity index (χ1v) is 8.41. The number of para-hydroxylation sites is 1. The molecule has 1 heterocycles. The molecule has 8 heteroatoms. The van der Waals surface area contributed by atoms with Gasteiger partial charge in [-0.25, -0.2) is 4.39 Å². The van der Waals surface area contributed by atoms with E-state index in [1.807, 2.05) is 0 Å². The van der Waals surface area contributed by atoms with Crippen LogP contribution in [-0.4, -0.2) is 19.0 Å². The van der Waals surface area contributed by atoms with E-state index in [0.717, 1.165) is 31.3 Å². The van der Waals surface area contributed by atoms with Gasteiger partial charge in [-0.3, -0.25) is 4.79 Å². The Balaban J connectivity index is 1.73. The third-order valence-electron chi connectivity index (χ3n) is 4.55. The van der Waals surface area contributed by atoms with E-state index in [1.165, 1.54) is 24.3 Å². The fraction of sp³-hybridized carbons (Fsp3) is 0.316. The number of hydrogen-bond donors (Lipinski definition) is 2. The van der Waals surface area contributed by atoms with Crippen molar-refractivity contribution in [3.63, 3.8) is 0 Å². The summed E-state index contributed by atoms with van der Waals surface area (Å²) in [7, 11) is 0. The Morgan fingerprint density at radius 3 is 2.48 bits per heavy atom. The van der Waals surface area contributed by atoms with Crippen molar-refractivity contribution in [2.45, 2.75) is 13.1 Å². The van der Waals surface area contributed by atoms with Gasteiger partial charge in [0.2, 0.25) is 5.91 Å². The molecule has 0 aromatic heterocycles. The summed E-state index contributed by atoms with van der Waals surface area (Å²) in [4.78, 5) is 12.2. The molecule has 0 bridgehead atoms. The lowest BCUT2D eigenvalue weighted by Gasteiger charge is -2.31. The fourth-order valence-electron chi connectivity index (χ4n) is 2.70. The van der Waals surface area contributed by atoms with E-state index >= 15 is 0 Å². The molecule has 1 aliphatic heterocycles. The van der Waals surface area contributed by atoms with Gasteiger partial charge < -0.3 is 15.4 Å². The molecule has 0 radical (unpaired) electrons. The summed E-state index contributed by atoms with van der Waals surface area (Å²) in [6, 6.07) is 8.17. The summed E-state index contributed by atoms with van der Waals surface area (Å²) >= 11 is 0. The molecular weight excluding hydrogens is 364 g/mol. The quantitative estimate of drug-likeness (QED) is 0.753. The minimum absolute atomic E-state index is 0.216. The highest BCUT2D eigenvalue weighted by Crippen LogP contribution is 2.38. The number of anilines is 1. The van der Waals surface area contributed by atoms with Gasteiger partial charge in [0.25, 0.3) is 0 Å². The summed E-state index contributed by atoms with van der Waals surface area (Å²) in [5, 5.41) is 5.70. The van der Waals surface area contributed by atoms with Gasteiger partial charge in [-0.2, -0.15) is 13.2 Å².